The Morgan fingerprint density at radius 1 is 1.67 bits per heavy atom. The van der Waals surface area contributed by atoms with E-state index in [1.807, 2.05) is 25.1 Å². The molecule has 2 nitrogen and oxygen atoms in total. The van der Waals surface area contributed by atoms with E-state index in [9.17, 15) is 0 Å². The molecule has 0 aromatic carbocycles. The van der Waals surface area contributed by atoms with Crippen molar-refractivity contribution in [1.82, 2.24) is 10.3 Å². The minimum Gasteiger partial charge on any atom is -0.298 e. The number of nitrogens with one attached hydrogen (secondary N) is 1. The highest BCUT2D eigenvalue weighted by molar-refractivity contribution is 5.04. The predicted octanol–water partition coefficient (Wildman–Crippen LogP) is 1.19. The zero-order valence-electron chi connectivity index (χ0n) is 7.12. The molecule has 0 amide bonds. The zero-order valence-corrected chi connectivity index (χ0v) is 7.12. The molecule has 1 unspecified atom stereocenters. The van der Waals surface area contributed by atoms with E-state index < -0.39 is 0 Å². The second kappa shape index (κ2) is 4.53. The first kappa shape index (κ1) is 8.76. The van der Waals surface area contributed by atoms with E-state index >= 15 is 0 Å². The van der Waals surface area contributed by atoms with Gasteiger partial charge in [0.05, 0.1) is 11.7 Å². The van der Waals surface area contributed by atoms with Gasteiger partial charge in [-0.25, -0.2) is 0 Å². The standard InChI is InChI=1S/C10H12N2/c1-3-9(2)12-8-10-6-4-5-7-11-10/h1,4-7,9,12H,8H2,2H3. The lowest BCUT2D eigenvalue weighted by Gasteiger charge is -2.05. The highest BCUT2D eigenvalue weighted by Gasteiger charge is 1.95. The SMILES string of the molecule is C#CC(C)NCc1ccccn1. The molecule has 0 radical (unpaired) electrons. The fourth-order valence-electron chi connectivity index (χ4n) is 0.819. The van der Waals surface area contributed by atoms with E-state index in [4.69, 9.17) is 6.42 Å². The van der Waals surface area contributed by atoms with Crippen LogP contribution in [0.1, 0.15) is 12.6 Å². The fourth-order valence-corrected chi connectivity index (χ4v) is 0.819. The molecule has 0 aliphatic heterocycles. The van der Waals surface area contributed by atoms with Crippen LogP contribution in [0.5, 0.6) is 0 Å². The Bertz CT molecular complexity index is 261. The number of nitrogens with zero attached hydrogens (tertiary/aromatic N) is 1. The summed E-state index contributed by atoms with van der Waals surface area (Å²) >= 11 is 0. The van der Waals surface area contributed by atoms with Gasteiger partial charge in [-0.05, 0) is 19.1 Å². The van der Waals surface area contributed by atoms with Gasteiger partial charge in [-0.3, -0.25) is 10.3 Å². The maximum Gasteiger partial charge on any atom is 0.0661 e. The van der Waals surface area contributed by atoms with E-state index in [0.29, 0.717) is 0 Å². The molecule has 1 heterocycles. The fraction of sp³-hybridized carbons (Fsp3) is 0.300. The molecule has 1 aromatic heterocycles. The van der Waals surface area contributed by atoms with Gasteiger partial charge in [0, 0.05) is 12.7 Å². The van der Waals surface area contributed by atoms with Crippen LogP contribution < -0.4 is 5.32 Å². The molecule has 0 fully saturated rings. The maximum atomic E-state index is 5.20. The lowest BCUT2D eigenvalue weighted by Crippen LogP contribution is -2.23. The van der Waals surface area contributed by atoms with Crippen LogP contribution in [0.2, 0.25) is 0 Å². The third-order valence-corrected chi connectivity index (χ3v) is 1.57. The maximum absolute atomic E-state index is 5.20. The first-order chi connectivity index (χ1) is 5.83. The third kappa shape index (κ3) is 2.73. The smallest absolute Gasteiger partial charge is 0.0661 e. The summed E-state index contributed by atoms with van der Waals surface area (Å²) in [7, 11) is 0. The number of hydrogen-bond donors (Lipinski definition) is 1. The van der Waals surface area contributed by atoms with Gasteiger partial charge in [0.15, 0.2) is 0 Å². The minimum atomic E-state index is 0.104. The topological polar surface area (TPSA) is 24.9 Å². The van der Waals surface area contributed by atoms with Crippen molar-refractivity contribution in [2.45, 2.75) is 19.5 Å². The average Bonchev–Trinajstić information content (AvgIpc) is 2.16. The van der Waals surface area contributed by atoms with Gasteiger partial charge in [-0.2, -0.15) is 0 Å². The van der Waals surface area contributed by atoms with Crippen molar-refractivity contribution in [3.05, 3.63) is 30.1 Å². The first-order valence-electron chi connectivity index (χ1n) is 3.92. The van der Waals surface area contributed by atoms with Gasteiger partial charge >= 0.3 is 0 Å². The van der Waals surface area contributed by atoms with Crippen LogP contribution in [0.3, 0.4) is 0 Å². The van der Waals surface area contributed by atoms with Gasteiger partial charge in [-0.1, -0.05) is 12.0 Å². The predicted molar refractivity (Wildman–Crippen MR) is 49.4 cm³/mol. The largest absolute Gasteiger partial charge is 0.298 e. The van der Waals surface area contributed by atoms with Crippen LogP contribution in [-0.4, -0.2) is 11.0 Å². The lowest BCUT2D eigenvalue weighted by molar-refractivity contribution is 0.638. The van der Waals surface area contributed by atoms with E-state index in [-0.39, 0.29) is 6.04 Å². The average molecular weight is 160 g/mol. The zero-order chi connectivity index (χ0) is 8.81. The summed E-state index contributed by atoms with van der Waals surface area (Å²) in [6.45, 7) is 2.68. The summed E-state index contributed by atoms with van der Waals surface area (Å²) in [5, 5.41) is 3.15. The highest BCUT2D eigenvalue weighted by Crippen LogP contribution is 1.92. The number of rotatable bonds is 3. The van der Waals surface area contributed by atoms with Crippen molar-refractivity contribution in [1.29, 1.82) is 0 Å². The van der Waals surface area contributed by atoms with Crippen LogP contribution >= 0.6 is 0 Å². The quantitative estimate of drug-likeness (QED) is 0.672. The summed E-state index contributed by atoms with van der Waals surface area (Å²) in [4.78, 5) is 4.15. The molecule has 1 atom stereocenters. The van der Waals surface area contributed by atoms with Crippen molar-refractivity contribution < 1.29 is 0 Å². The lowest BCUT2D eigenvalue weighted by atomic mass is 10.3. The van der Waals surface area contributed by atoms with E-state index in [2.05, 4.69) is 16.2 Å². The van der Waals surface area contributed by atoms with Gasteiger partial charge in [-0.15, -0.1) is 6.42 Å². The number of terminal acetylenes is 1. The van der Waals surface area contributed by atoms with Crippen LogP contribution in [0.25, 0.3) is 0 Å². The summed E-state index contributed by atoms with van der Waals surface area (Å²) < 4.78 is 0. The molecule has 2 heteroatoms. The van der Waals surface area contributed by atoms with Crippen molar-refractivity contribution in [3.8, 4) is 12.3 Å². The van der Waals surface area contributed by atoms with Crippen molar-refractivity contribution in [3.63, 3.8) is 0 Å². The Balaban J connectivity index is 2.40. The minimum absolute atomic E-state index is 0.104. The normalized spacial score (nSPS) is 12.0. The summed E-state index contributed by atoms with van der Waals surface area (Å²) in [6.07, 6.45) is 6.98. The molecular formula is C10H12N2. The second-order valence-electron chi connectivity index (χ2n) is 2.59. The van der Waals surface area contributed by atoms with Crippen molar-refractivity contribution in [2.75, 3.05) is 0 Å². The van der Waals surface area contributed by atoms with Crippen LogP contribution in [0, 0.1) is 12.3 Å². The van der Waals surface area contributed by atoms with Crippen molar-refractivity contribution in [2.24, 2.45) is 0 Å². The van der Waals surface area contributed by atoms with Gasteiger partial charge in [0.25, 0.3) is 0 Å². The molecule has 1 aromatic rings. The van der Waals surface area contributed by atoms with E-state index in [1.165, 1.54) is 0 Å². The molecular weight excluding hydrogens is 148 g/mol. The summed E-state index contributed by atoms with van der Waals surface area (Å²) in [5.41, 5.74) is 1.01. The molecule has 0 spiro atoms. The molecule has 1 rings (SSSR count). The van der Waals surface area contributed by atoms with Gasteiger partial charge < -0.3 is 0 Å². The van der Waals surface area contributed by atoms with Crippen molar-refractivity contribution >= 4 is 0 Å². The molecule has 0 bridgehead atoms. The van der Waals surface area contributed by atoms with Crippen LogP contribution in [0.15, 0.2) is 24.4 Å². The molecule has 0 saturated carbocycles. The van der Waals surface area contributed by atoms with Crippen LogP contribution in [-0.2, 0) is 6.54 Å². The molecule has 0 aliphatic rings. The Morgan fingerprint density at radius 3 is 3.08 bits per heavy atom. The van der Waals surface area contributed by atoms with E-state index in [1.54, 1.807) is 6.20 Å². The molecule has 0 saturated heterocycles. The second-order valence-corrected chi connectivity index (χ2v) is 2.59. The number of pyridine rings is 1. The molecule has 1 N–H and O–H groups in total. The van der Waals surface area contributed by atoms with Gasteiger partial charge in [0.1, 0.15) is 0 Å². The van der Waals surface area contributed by atoms with Crippen LogP contribution in [0.4, 0.5) is 0 Å². The first-order valence-corrected chi connectivity index (χ1v) is 3.92. The molecule has 0 aliphatic carbocycles. The molecule has 62 valence electrons. The highest BCUT2D eigenvalue weighted by atomic mass is 14.9. The number of aromatic nitrogens is 1. The van der Waals surface area contributed by atoms with E-state index in [0.717, 1.165) is 12.2 Å². The molecule has 12 heavy (non-hydrogen) atoms. The monoisotopic (exact) mass is 160 g/mol. The summed E-state index contributed by atoms with van der Waals surface area (Å²) in [5.74, 6) is 2.60. The summed E-state index contributed by atoms with van der Waals surface area (Å²) in [6, 6.07) is 5.93. The van der Waals surface area contributed by atoms with Gasteiger partial charge in [0.2, 0.25) is 0 Å². The Kier molecular flexibility index (Phi) is 3.31. The Hall–Kier alpha value is -1.33. The number of hydrogen-bond acceptors (Lipinski definition) is 2. The third-order valence-electron chi connectivity index (χ3n) is 1.57. The Labute approximate surface area is 73.0 Å². The Morgan fingerprint density at radius 2 is 2.50 bits per heavy atom.